The predicted molar refractivity (Wildman–Crippen MR) is 129 cm³/mol. The zero-order valence-corrected chi connectivity index (χ0v) is 19.4. The first-order valence-electron chi connectivity index (χ1n) is 11.4. The Bertz CT molecular complexity index is 1510. The van der Waals surface area contributed by atoms with Crippen molar-refractivity contribution in [2.75, 3.05) is 16.8 Å². The molecule has 9 heteroatoms. The van der Waals surface area contributed by atoms with E-state index in [1.807, 2.05) is 24.3 Å². The molecule has 1 saturated carbocycles. The molecule has 3 aromatic rings. The number of amides is 3. The monoisotopic (exact) mass is 487 g/mol. The van der Waals surface area contributed by atoms with Crippen LogP contribution in [0.2, 0.25) is 0 Å². The van der Waals surface area contributed by atoms with Gasteiger partial charge < -0.3 is 10.2 Å². The molecule has 0 atom stereocenters. The highest BCUT2D eigenvalue weighted by molar-refractivity contribution is 7.90. The number of hydrogen-bond donors (Lipinski definition) is 1. The van der Waals surface area contributed by atoms with Gasteiger partial charge in [0, 0.05) is 35.1 Å². The van der Waals surface area contributed by atoms with E-state index >= 15 is 0 Å². The first-order chi connectivity index (χ1) is 16.8. The Morgan fingerprint density at radius 3 is 2.37 bits per heavy atom. The number of carbonyl (C=O) groups excluding carboxylic acids is 3. The van der Waals surface area contributed by atoms with Gasteiger partial charge in [0.05, 0.1) is 5.56 Å². The molecule has 2 aliphatic heterocycles. The average molecular weight is 488 g/mol. The largest absolute Gasteiger partial charge is 0.322 e. The molecule has 0 bridgehead atoms. The molecule has 0 spiro atoms. The fourth-order valence-corrected chi connectivity index (χ4v) is 6.50. The number of para-hydroxylation sites is 1. The summed E-state index contributed by atoms with van der Waals surface area (Å²) in [6.07, 6.45) is 2.14. The summed E-state index contributed by atoms with van der Waals surface area (Å²) in [7, 11) is -3.94. The molecule has 0 radical (unpaired) electrons. The lowest BCUT2D eigenvalue weighted by atomic mass is 10.1. The Balaban J connectivity index is 1.19. The molecule has 2 heterocycles. The van der Waals surface area contributed by atoms with Gasteiger partial charge in [-0.05, 0) is 73.4 Å². The fourth-order valence-electron chi connectivity index (χ4n) is 4.66. The van der Waals surface area contributed by atoms with Crippen molar-refractivity contribution in [2.24, 2.45) is 0 Å². The van der Waals surface area contributed by atoms with Crippen LogP contribution >= 0.6 is 0 Å². The van der Waals surface area contributed by atoms with Crippen LogP contribution in [0.3, 0.4) is 0 Å². The van der Waals surface area contributed by atoms with E-state index in [1.165, 1.54) is 18.2 Å². The minimum atomic E-state index is -3.94. The van der Waals surface area contributed by atoms with Gasteiger partial charge in [0.1, 0.15) is 4.90 Å². The summed E-state index contributed by atoms with van der Waals surface area (Å²) in [5.41, 5.74) is 3.25. The van der Waals surface area contributed by atoms with Crippen molar-refractivity contribution >= 4 is 39.1 Å². The molecule has 0 unspecified atom stereocenters. The number of rotatable bonds is 4. The zero-order valence-electron chi connectivity index (χ0n) is 18.6. The molecule has 8 nitrogen and oxygen atoms in total. The number of nitrogens with one attached hydrogen (secondary N) is 1. The minimum absolute atomic E-state index is 0.0970. The van der Waals surface area contributed by atoms with Crippen molar-refractivity contribution < 1.29 is 22.8 Å². The third-order valence-corrected chi connectivity index (χ3v) is 8.49. The van der Waals surface area contributed by atoms with E-state index in [1.54, 1.807) is 29.2 Å². The topological polar surface area (TPSA) is 104 Å². The van der Waals surface area contributed by atoms with Crippen molar-refractivity contribution in [2.45, 2.75) is 30.2 Å². The van der Waals surface area contributed by atoms with Gasteiger partial charge in [0.15, 0.2) is 0 Å². The summed E-state index contributed by atoms with van der Waals surface area (Å²) in [4.78, 5) is 40.0. The lowest BCUT2D eigenvalue weighted by Gasteiger charge is -2.17. The van der Waals surface area contributed by atoms with Crippen LogP contribution in [0, 0.1) is 0 Å². The predicted octanol–water partition coefficient (Wildman–Crippen LogP) is 3.45. The van der Waals surface area contributed by atoms with Crippen LogP contribution in [0.25, 0.3) is 0 Å². The number of hydrogen-bond acceptors (Lipinski definition) is 5. The van der Waals surface area contributed by atoms with Crippen molar-refractivity contribution in [1.82, 2.24) is 4.31 Å². The molecule has 3 aliphatic rings. The van der Waals surface area contributed by atoms with E-state index in [9.17, 15) is 22.8 Å². The lowest BCUT2D eigenvalue weighted by molar-refractivity contribution is 0.0863. The van der Waals surface area contributed by atoms with Gasteiger partial charge in [-0.25, -0.2) is 12.7 Å². The van der Waals surface area contributed by atoms with Crippen molar-refractivity contribution in [3.05, 3.63) is 89.0 Å². The summed E-state index contributed by atoms with van der Waals surface area (Å²) in [5.74, 6) is -1.15. The van der Waals surface area contributed by atoms with Crippen molar-refractivity contribution in [3.63, 3.8) is 0 Å². The molecule has 3 aromatic carbocycles. The molecule has 35 heavy (non-hydrogen) atoms. The second-order valence-corrected chi connectivity index (χ2v) is 10.7. The first-order valence-corrected chi connectivity index (χ1v) is 12.8. The van der Waals surface area contributed by atoms with E-state index in [4.69, 9.17) is 0 Å². The second kappa shape index (κ2) is 7.78. The van der Waals surface area contributed by atoms with Crippen LogP contribution in [0.15, 0.2) is 71.6 Å². The van der Waals surface area contributed by atoms with E-state index < -0.39 is 21.8 Å². The second-order valence-electron chi connectivity index (χ2n) is 8.92. The molecular formula is C26H21N3O5S. The van der Waals surface area contributed by atoms with Gasteiger partial charge >= 0.3 is 0 Å². The van der Waals surface area contributed by atoms with Crippen LogP contribution in [-0.2, 0) is 16.4 Å². The average Bonchev–Trinajstić information content (AvgIpc) is 3.55. The summed E-state index contributed by atoms with van der Waals surface area (Å²) >= 11 is 0. The highest BCUT2D eigenvalue weighted by Gasteiger charge is 2.48. The van der Waals surface area contributed by atoms with Crippen LogP contribution in [0.1, 0.15) is 49.5 Å². The Hall–Kier alpha value is -3.98. The molecule has 1 N–H and O–H groups in total. The Morgan fingerprint density at radius 1 is 0.914 bits per heavy atom. The van der Waals surface area contributed by atoms with Crippen molar-refractivity contribution in [1.29, 1.82) is 0 Å². The summed E-state index contributed by atoms with van der Waals surface area (Å²) in [5, 5.41) is 2.73. The number of benzene rings is 3. The molecule has 1 aliphatic carbocycles. The Labute approximate surface area is 202 Å². The molecule has 0 aromatic heterocycles. The van der Waals surface area contributed by atoms with E-state index in [0.717, 1.165) is 22.0 Å². The third kappa shape index (κ3) is 3.50. The van der Waals surface area contributed by atoms with Gasteiger partial charge in [0.25, 0.3) is 27.7 Å². The maximum absolute atomic E-state index is 13.0. The standard InChI is InChI=1S/C26H21N3O5S/c30-24(18-7-12-21-23(15-18)35(33,34)29(26(21)32)20-10-11-20)27-19-8-5-17(6-9-19)25(31)28-14-13-16-3-1-2-4-22(16)28/h1-9,12,15,20H,10-11,13-14H2,(H,27,30). The first kappa shape index (κ1) is 21.5. The molecule has 0 saturated heterocycles. The van der Waals surface area contributed by atoms with Gasteiger partial charge in [-0.15, -0.1) is 0 Å². The number of sulfonamides is 1. The van der Waals surface area contributed by atoms with Crippen LogP contribution in [-0.4, -0.2) is 43.0 Å². The third-order valence-electron chi connectivity index (χ3n) is 6.61. The van der Waals surface area contributed by atoms with E-state index in [-0.39, 0.29) is 28.0 Å². The molecule has 176 valence electrons. The Morgan fingerprint density at radius 2 is 1.63 bits per heavy atom. The van der Waals surface area contributed by atoms with Gasteiger partial charge in [-0.1, -0.05) is 18.2 Å². The highest BCUT2D eigenvalue weighted by atomic mass is 32.2. The lowest BCUT2D eigenvalue weighted by Crippen LogP contribution is -2.31. The highest BCUT2D eigenvalue weighted by Crippen LogP contribution is 2.39. The maximum Gasteiger partial charge on any atom is 0.269 e. The molecular weight excluding hydrogens is 466 g/mol. The molecule has 3 amide bonds. The zero-order chi connectivity index (χ0) is 24.3. The number of carbonyl (C=O) groups is 3. The summed E-state index contributed by atoms with van der Waals surface area (Å²) < 4.78 is 26.6. The SMILES string of the molecule is O=C(Nc1ccc(C(=O)N2CCc3ccccc32)cc1)c1ccc2c(c1)S(=O)(=O)N(C1CC1)C2=O. The summed E-state index contributed by atoms with van der Waals surface area (Å²) in [6.45, 7) is 0.624. The number of anilines is 2. The number of nitrogens with zero attached hydrogens (tertiary/aromatic N) is 2. The molecule has 6 rings (SSSR count). The van der Waals surface area contributed by atoms with Crippen molar-refractivity contribution in [3.8, 4) is 0 Å². The van der Waals surface area contributed by atoms with Crippen LogP contribution in [0.5, 0.6) is 0 Å². The normalized spacial score (nSPS) is 17.8. The van der Waals surface area contributed by atoms with Gasteiger partial charge in [0.2, 0.25) is 0 Å². The van der Waals surface area contributed by atoms with E-state index in [2.05, 4.69) is 5.32 Å². The van der Waals surface area contributed by atoms with E-state index in [0.29, 0.717) is 30.6 Å². The maximum atomic E-state index is 13.0. The van der Waals surface area contributed by atoms with Gasteiger partial charge in [-0.2, -0.15) is 0 Å². The summed E-state index contributed by atoms with van der Waals surface area (Å²) in [6, 6.07) is 18.2. The van der Waals surface area contributed by atoms with Crippen LogP contribution in [0.4, 0.5) is 11.4 Å². The van der Waals surface area contributed by atoms with Gasteiger partial charge in [-0.3, -0.25) is 14.4 Å². The minimum Gasteiger partial charge on any atom is -0.322 e. The quantitative estimate of drug-likeness (QED) is 0.607. The van der Waals surface area contributed by atoms with Crippen LogP contribution < -0.4 is 10.2 Å². The number of fused-ring (bicyclic) bond motifs is 2. The smallest absolute Gasteiger partial charge is 0.269 e. The molecule has 1 fully saturated rings. The Kier molecular flexibility index (Phi) is 4.79. The fraction of sp³-hybridized carbons (Fsp3) is 0.192.